The Hall–Kier alpha value is -2.29. The first-order valence-electron chi connectivity index (χ1n) is 5.83. The summed E-state index contributed by atoms with van der Waals surface area (Å²) in [7, 11) is 0. The molecule has 0 saturated carbocycles. The smallest absolute Gasteiger partial charge is 0.267 e. The van der Waals surface area contributed by atoms with Crippen LogP contribution < -0.4 is 5.56 Å². The van der Waals surface area contributed by atoms with Crippen molar-refractivity contribution >= 4 is 44.4 Å². The molecule has 20 heavy (non-hydrogen) atoms. The van der Waals surface area contributed by atoms with Crippen molar-refractivity contribution in [3.8, 4) is 6.07 Å². The van der Waals surface area contributed by atoms with Crippen LogP contribution in [0.25, 0.3) is 21.7 Å². The van der Waals surface area contributed by atoms with Crippen LogP contribution >= 0.6 is 22.7 Å². The molecule has 3 aromatic rings. The SMILES string of the molecule is N#C/C(=C\c1cccs1)c1nc(=O)c2ccccc2s1. The van der Waals surface area contributed by atoms with Gasteiger partial charge in [-0.15, -0.1) is 22.7 Å². The summed E-state index contributed by atoms with van der Waals surface area (Å²) in [6.07, 6.45) is 1.76. The van der Waals surface area contributed by atoms with Gasteiger partial charge in [0.2, 0.25) is 0 Å². The lowest BCUT2D eigenvalue weighted by atomic mass is 10.2. The number of allylic oxidation sites excluding steroid dienone is 1. The number of nitriles is 1. The van der Waals surface area contributed by atoms with Crippen LogP contribution in [0.2, 0.25) is 0 Å². The number of benzene rings is 1. The van der Waals surface area contributed by atoms with E-state index < -0.39 is 0 Å². The summed E-state index contributed by atoms with van der Waals surface area (Å²) in [5.74, 6) is 0. The average molecular weight is 296 g/mol. The van der Waals surface area contributed by atoms with Gasteiger partial charge < -0.3 is 0 Å². The molecule has 5 heteroatoms. The van der Waals surface area contributed by atoms with Crippen LogP contribution in [-0.4, -0.2) is 4.98 Å². The maximum Gasteiger partial charge on any atom is 0.279 e. The van der Waals surface area contributed by atoms with Crippen molar-refractivity contribution in [1.82, 2.24) is 4.98 Å². The van der Waals surface area contributed by atoms with Gasteiger partial charge in [-0.05, 0) is 29.7 Å². The summed E-state index contributed by atoms with van der Waals surface area (Å²) in [4.78, 5) is 17.0. The van der Waals surface area contributed by atoms with Gasteiger partial charge in [-0.25, -0.2) is 0 Å². The zero-order valence-corrected chi connectivity index (χ0v) is 11.9. The van der Waals surface area contributed by atoms with E-state index in [0.717, 1.165) is 9.58 Å². The Labute approximate surface area is 123 Å². The monoisotopic (exact) mass is 296 g/mol. The lowest BCUT2D eigenvalue weighted by molar-refractivity contribution is 1.28. The highest BCUT2D eigenvalue weighted by Gasteiger charge is 2.08. The molecule has 1 aromatic carbocycles. The largest absolute Gasteiger partial charge is 0.279 e. The van der Waals surface area contributed by atoms with E-state index in [4.69, 9.17) is 0 Å². The fourth-order valence-electron chi connectivity index (χ4n) is 1.78. The summed E-state index contributed by atoms with van der Waals surface area (Å²) in [5.41, 5.74) is 0.127. The van der Waals surface area contributed by atoms with Crippen molar-refractivity contribution in [2.75, 3.05) is 0 Å². The van der Waals surface area contributed by atoms with Crippen molar-refractivity contribution in [1.29, 1.82) is 5.26 Å². The molecule has 0 fully saturated rings. The van der Waals surface area contributed by atoms with Gasteiger partial charge in [0, 0.05) is 9.58 Å². The van der Waals surface area contributed by atoms with Gasteiger partial charge in [-0.1, -0.05) is 18.2 Å². The minimum atomic E-state index is -0.290. The molecular weight excluding hydrogens is 288 g/mol. The highest BCUT2D eigenvalue weighted by atomic mass is 32.1. The van der Waals surface area contributed by atoms with Gasteiger partial charge >= 0.3 is 0 Å². The molecule has 0 radical (unpaired) electrons. The molecule has 0 aliphatic heterocycles. The van der Waals surface area contributed by atoms with E-state index in [9.17, 15) is 10.1 Å². The molecule has 0 saturated heterocycles. The second-order valence-corrected chi connectivity index (χ2v) is 6.02. The fraction of sp³-hybridized carbons (Fsp3) is 0. The molecule has 0 amide bonds. The predicted octanol–water partition coefficient (Wildman–Crippen LogP) is 3.78. The Bertz CT molecular complexity index is 886. The molecular formula is C15H8N2OS2. The Balaban J connectivity index is 2.19. The quantitative estimate of drug-likeness (QED) is 0.676. The number of aromatic nitrogens is 1. The van der Waals surface area contributed by atoms with Gasteiger partial charge in [-0.3, -0.25) is 4.79 Å². The highest BCUT2D eigenvalue weighted by Crippen LogP contribution is 2.25. The Morgan fingerprint density at radius 1 is 1.25 bits per heavy atom. The van der Waals surface area contributed by atoms with Crippen molar-refractivity contribution in [2.24, 2.45) is 0 Å². The van der Waals surface area contributed by atoms with Crippen LogP contribution in [0.4, 0.5) is 0 Å². The summed E-state index contributed by atoms with van der Waals surface area (Å²) in [5, 5.41) is 12.3. The van der Waals surface area contributed by atoms with Crippen molar-refractivity contribution in [3.63, 3.8) is 0 Å². The third-order valence-corrected chi connectivity index (χ3v) is 4.61. The van der Waals surface area contributed by atoms with Crippen molar-refractivity contribution in [3.05, 3.63) is 62.0 Å². The molecule has 0 unspecified atom stereocenters. The van der Waals surface area contributed by atoms with E-state index in [0.29, 0.717) is 16.0 Å². The van der Waals surface area contributed by atoms with Gasteiger partial charge in [0.15, 0.2) is 0 Å². The van der Waals surface area contributed by atoms with Crippen LogP contribution in [0.15, 0.2) is 46.6 Å². The maximum atomic E-state index is 12.0. The number of rotatable bonds is 2. The minimum Gasteiger partial charge on any atom is -0.267 e. The Morgan fingerprint density at radius 2 is 2.10 bits per heavy atom. The first-order chi connectivity index (χ1) is 9.78. The van der Waals surface area contributed by atoms with Crippen molar-refractivity contribution in [2.45, 2.75) is 0 Å². The maximum absolute atomic E-state index is 12.0. The van der Waals surface area contributed by atoms with Crippen LogP contribution in [0.1, 0.15) is 9.88 Å². The predicted molar refractivity (Wildman–Crippen MR) is 83.7 cm³/mol. The summed E-state index contributed by atoms with van der Waals surface area (Å²) < 4.78 is 0.842. The molecule has 96 valence electrons. The molecule has 0 bridgehead atoms. The molecule has 0 aliphatic carbocycles. The van der Waals surface area contributed by atoms with Gasteiger partial charge in [0.05, 0.1) is 11.0 Å². The van der Waals surface area contributed by atoms with E-state index in [2.05, 4.69) is 11.1 Å². The number of thiophene rings is 1. The third-order valence-electron chi connectivity index (χ3n) is 2.71. The lowest BCUT2D eigenvalue weighted by Gasteiger charge is -1.99. The fourth-order valence-corrected chi connectivity index (χ4v) is 3.41. The van der Waals surface area contributed by atoms with E-state index in [1.807, 2.05) is 35.7 Å². The zero-order valence-electron chi connectivity index (χ0n) is 10.2. The Kier molecular flexibility index (Phi) is 3.42. The van der Waals surface area contributed by atoms with E-state index >= 15 is 0 Å². The van der Waals surface area contributed by atoms with Crippen LogP contribution in [0.5, 0.6) is 0 Å². The number of hydrogen-bond donors (Lipinski definition) is 0. The molecule has 3 nitrogen and oxygen atoms in total. The van der Waals surface area contributed by atoms with Crippen molar-refractivity contribution < 1.29 is 0 Å². The first kappa shape index (κ1) is 12.7. The molecule has 2 aromatic heterocycles. The average Bonchev–Trinajstić information content (AvgIpc) is 2.97. The second-order valence-electron chi connectivity index (χ2n) is 4.01. The highest BCUT2D eigenvalue weighted by molar-refractivity contribution is 7.19. The molecule has 0 spiro atoms. The summed E-state index contributed by atoms with van der Waals surface area (Å²) in [6.45, 7) is 0. The first-order valence-corrected chi connectivity index (χ1v) is 7.53. The summed E-state index contributed by atoms with van der Waals surface area (Å²) >= 11 is 2.90. The van der Waals surface area contributed by atoms with Crippen LogP contribution in [0.3, 0.4) is 0 Å². The van der Waals surface area contributed by atoms with Gasteiger partial charge in [0.1, 0.15) is 11.1 Å². The molecule has 0 aliphatic rings. The van der Waals surface area contributed by atoms with Crippen LogP contribution in [-0.2, 0) is 0 Å². The topological polar surface area (TPSA) is 53.8 Å². The molecule has 0 N–H and O–H groups in total. The Morgan fingerprint density at radius 3 is 2.85 bits per heavy atom. The molecule has 2 heterocycles. The standard InChI is InChI=1S/C15H8N2OS2/c16-9-10(8-11-4-3-7-19-11)15-17-14(18)12-5-1-2-6-13(12)20-15/h1-8H/b10-8+. The normalized spacial score (nSPS) is 11.4. The summed E-state index contributed by atoms with van der Waals surface area (Å²) in [6, 6.07) is 13.3. The van der Waals surface area contributed by atoms with Gasteiger partial charge in [0.25, 0.3) is 5.56 Å². The minimum absolute atomic E-state index is 0.290. The third kappa shape index (κ3) is 2.39. The number of fused-ring (bicyclic) bond motifs is 1. The number of hydrogen-bond acceptors (Lipinski definition) is 5. The second kappa shape index (κ2) is 5.37. The van der Waals surface area contributed by atoms with E-state index in [1.165, 1.54) is 11.3 Å². The lowest BCUT2D eigenvalue weighted by Crippen LogP contribution is -2.07. The zero-order chi connectivity index (χ0) is 13.9. The number of nitrogens with zero attached hydrogens (tertiary/aromatic N) is 2. The van der Waals surface area contributed by atoms with Crippen LogP contribution in [0, 0.1) is 11.3 Å². The van der Waals surface area contributed by atoms with Gasteiger partial charge in [-0.2, -0.15) is 10.2 Å². The van der Waals surface area contributed by atoms with E-state index in [-0.39, 0.29) is 5.56 Å². The molecule has 3 rings (SSSR count). The molecule has 0 atom stereocenters. The van der Waals surface area contributed by atoms with E-state index in [1.54, 1.807) is 23.5 Å².